The molecule has 9 atom stereocenters. The highest BCUT2D eigenvalue weighted by molar-refractivity contribution is 7.91. The van der Waals surface area contributed by atoms with Crippen molar-refractivity contribution < 1.29 is 54.6 Å². The number of anilines is 1. The summed E-state index contributed by atoms with van der Waals surface area (Å²) in [5.41, 5.74) is -2.91. The number of alkyl carbamates (subject to hydrolysis) is 1. The zero-order valence-corrected chi connectivity index (χ0v) is 34.6. The predicted molar refractivity (Wildman–Crippen MR) is 208 cm³/mol. The highest BCUT2D eigenvalue weighted by Gasteiger charge is 2.68. The minimum atomic E-state index is -4.32. The fourth-order valence-corrected chi connectivity index (χ4v) is 9.64. The smallest absolute Gasteiger partial charge is 0.408 e. The number of amides is 4. The van der Waals surface area contributed by atoms with Gasteiger partial charge in [0.25, 0.3) is 11.8 Å². The van der Waals surface area contributed by atoms with E-state index >= 15 is 8.78 Å². The Kier molecular flexibility index (Phi) is 10.9. The van der Waals surface area contributed by atoms with Crippen molar-refractivity contribution in [3.05, 3.63) is 35.9 Å². The van der Waals surface area contributed by atoms with Crippen LogP contribution in [-0.2, 0) is 33.9 Å². The Morgan fingerprint density at radius 1 is 1.13 bits per heavy atom. The number of rotatable bonds is 7. The zero-order chi connectivity index (χ0) is 43.7. The lowest BCUT2D eigenvalue weighted by molar-refractivity contribution is -0.144. The number of carbonyl (C=O) groups excluding carboxylic acids is 4. The van der Waals surface area contributed by atoms with Crippen molar-refractivity contribution in [2.75, 3.05) is 11.9 Å². The maximum absolute atomic E-state index is 16.3. The molecule has 6 aliphatic rings. The summed E-state index contributed by atoms with van der Waals surface area (Å²) in [5.74, 6) is -10.4. The summed E-state index contributed by atoms with van der Waals surface area (Å²) in [6, 6.07) is 1.36. The SMILES string of the molecule is CCC1C2CN(C(=O)C(C(C)(C)C)NC(=O)OC3CC3CCC=CC(F)(F)C3Nc4ccc(C#N)cc4N=C3O2)C1C(=O)NC1(C(=O)NS(=O)(=O)C2(C)CC2)CC1C(F)F. The van der Waals surface area contributed by atoms with Crippen LogP contribution in [0.4, 0.5) is 33.7 Å². The number of sulfonamides is 1. The topological polar surface area (TPSA) is 208 Å². The van der Waals surface area contributed by atoms with Gasteiger partial charge in [-0.2, -0.15) is 14.0 Å². The Morgan fingerprint density at radius 3 is 2.47 bits per heavy atom. The van der Waals surface area contributed by atoms with Crippen molar-refractivity contribution in [1.82, 2.24) is 20.3 Å². The quantitative estimate of drug-likeness (QED) is 0.220. The molecule has 15 nitrogen and oxygen atoms in total. The average Bonchev–Trinajstić information content (AvgIpc) is 4.12. The Labute approximate surface area is 345 Å². The van der Waals surface area contributed by atoms with Gasteiger partial charge in [-0.3, -0.25) is 19.1 Å². The molecule has 9 unspecified atom stereocenters. The number of benzene rings is 1. The van der Waals surface area contributed by atoms with E-state index in [-0.39, 0.29) is 48.5 Å². The maximum atomic E-state index is 16.3. The van der Waals surface area contributed by atoms with Crippen molar-refractivity contribution in [3.8, 4) is 6.07 Å². The van der Waals surface area contributed by atoms with Crippen LogP contribution in [-0.4, -0.2) is 103 Å². The first-order chi connectivity index (χ1) is 28.0. The molecule has 1 saturated heterocycles. The van der Waals surface area contributed by atoms with Crippen LogP contribution in [0.25, 0.3) is 0 Å². The van der Waals surface area contributed by atoms with Crippen LogP contribution in [0.3, 0.4) is 0 Å². The van der Waals surface area contributed by atoms with E-state index in [1.807, 2.05) is 10.8 Å². The Balaban J connectivity index is 1.29. The highest BCUT2D eigenvalue weighted by atomic mass is 32.2. The third kappa shape index (κ3) is 8.13. The number of hydrogen-bond donors (Lipinski definition) is 4. The summed E-state index contributed by atoms with van der Waals surface area (Å²) in [6.45, 7) is 7.54. The Bertz CT molecular complexity index is 2170. The van der Waals surface area contributed by atoms with E-state index in [0.29, 0.717) is 12.8 Å². The lowest BCUT2D eigenvalue weighted by atomic mass is 9.85. The molecule has 0 radical (unpaired) electrons. The van der Waals surface area contributed by atoms with E-state index in [1.54, 1.807) is 27.7 Å². The predicted octanol–water partition coefficient (Wildman–Crippen LogP) is 4.66. The number of fused-ring (bicyclic) bond motifs is 5. The van der Waals surface area contributed by atoms with E-state index in [4.69, 9.17) is 9.47 Å². The summed E-state index contributed by atoms with van der Waals surface area (Å²) in [6.07, 6.45) is -2.77. The number of ether oxygens (including phenoxy) is 2. The number of nitrogens with zero attached hydrogens (tertiary/aromatic N) is 3. The van der Waals surface area contributed by atoms with Crippen molar-refractivity contribution in [2.24, 2.45) is 28.2 Å². The van der Waals surface area contributed by atoms with Gasteiger partial charge in [-0.1, -0.05) is 33.8 Å². The molecule has 4 amide bonds. The molecule has 0 spiro atoms. The molecule has 1 aromatic carbocycles. The first kappa shape index (κ1) is 43.2. The van der Waals surface area contributed by atoms with Gasteiger partial charge in [0.15, 0.2) is 6.04 Å². The van der Waals surface area contributed by atoms with E-state index in [2.05, 4.69) is 20.9 Å². The average molecular weight is 864 g/mol. The summed E-state index contributed by atoms with van der Waals surface area (Å²) in [4.78, 5) is 61.9. The van der Waals surface area contributed by atoms with Gasteiger partial charge in [0.1, 0.15) is 29.8 Å². The molecule has 20 heteroatoms. The van der Waals surface area contributed by atoms with Crippen LogP contribution in [0.15, 0.2) is 35.3 Å². The van der Waals surface area contributed by atoms with Gasteiger partial charge in [-0.15, -0.1) is 0 Å². The van der Waals surface area contributed by atoms with Crippen molar-refractivity contribution in [3.63, 3.8) is 0 Å². The van der Waals surface area contributed by atoms with E-state index in [1.165, 1.54) is 31.2 Å². The standard InChI is InChI=1S/C40H49F4N7O8S/c1-6-22-27-19-51(28(22)32(52)49-39(17-23(39)31(41)42)35(54)50-60(56,57)38(5)13-14-38)34(53)30(37(2,3)4)48-36(55)59-26-16-21(26)9-7-8-12-40(43,44)29-33(58-27)47-25-15-20(18-45)10-11-24(25)46-29/h8,10-12,15,21-23,26-31,46H,6-7,9,13-14,16-17,19H2,1-5H3,(H,48,55)(H,49,52)(H,50,54). The van der Waals surface area contributed by atoms with Gasteiger partial charge in [0.05, 0.1) is 40.2 Å². The summed E-state index contributed by atoms with van der Waals surface area (Å²) < 4.78 is 100.0. The molecule has 3 saturated carbocycles. The normalized spacial score (nSPS) is 33.0. The van der Waals surface area contributed by atoms with Crippen LogP contribution < -0.4 is 20.7 Å². The van der Waals surface area contributed by atoms with Crippen LogP contribution in [0, 0.1) is 34.5 Å². The van der Waals surface area contributed by atoms with Gasteiger partial charge in [-0.05, 0) is 87.5 Å². The first-order valence-electron chi connectivity index (χ1n) is 20.1. The van der Waals surface area contributed by atoms with Crippen molar-refractivity contribution in [2.45, 2.75) is 133 Å². The molecule has 7 rings (SSSR count). The number of aliphatic imine (C=N–C) groups is 1. The monoisotopic (exact) mass is 863 g/mol. The maximum Gasteiger partial charge on any atom is 0.408 e. The second-order valence-corrected chi connectivity index (χ2v) is 20.3. The number of carbonyl (C=O) groups is 4. The van der Waals surface area contributed by atoms with E-state index < -0.39 is 123 Å². The first-order valence-corrected chi connectivity index (χ1v) is 21.6. The molecule has 1 aromatic rings. The summed E-state index contributed by atoms with van der Waals surface area (Å²) >= 11 is 0. The molecular formula is C40H49F4N7O8S. The third-order valence-electron chi connectivity index (χ3n) is 12.6. The minimum absolute atomic E-state index is 0.0340. The highest BCUT2D eigenvalue weighted by Crippen LogP contribution is 2.50. The molecule has 3 heterocycles. The van der Waals surface area contributed by atoms with Crippen LogP contribution in [0.1, 0.15) is 85.1 Å². The third-order valence-corrected chi connectivity index (χ3v) is 14.8. The van der Waals surface area contributed by atoms with E-state index in [9.17, 15) is 41.6 Å². The lowest BCUT2D eigenvalue weighted by Crippen LogP contribution is -2.61. The number of halogens is 4. The fraction of sp³-hybridized carbons (Fsp3) is 0.650. The number of nitrogens with one attached hydrogen (secondary N) is 4. The van der Waals surface area contributed by atoms with Gasteiger partial charge in [-0.25, -0.2) is 27.0 Å². The van der Waals surface area contributed by atoms with Gasteiger partial charge >= 0.3 is 6.09 Å². The summed E-state index contributed by atoms with van der Waals surface area (Å²) in [7, 11) is -4.32. The van der Waals surface area contributed by atoms with Crippen molar-refractivity contribution >= 4 is 51.1 Å². The van der Waals surface area contributed by atoms with Gasteiger partial charge in [0.2, 0.25) is 34.2 Å². The molecule has 2 bridgehead atoms. The van der Waals surface area contributed by atoms with Gasteiger partial charge < -0.3 is 30.3 Å². The molecular weight excluding hydrogens is 815 g/mol. The number of hydrogen-bond acceptors (Lipinski definition) is 11. The van der Waals surface area contributed by atoms with Crippen LogP contribution >= 0.6 is 0 Å². The largest absolute Gasteiger partial charge is 0.473 e. The second kappa shape index (κ2) is 15.2. The number of allylic oxidation sites excluding steroid dienone is 1. The number of alkyl halides is 4. The second-order valence-electron chi connectivity index (χ2n) is 18.1. The molecule has 3 aliphatic heterocycles. The Morgan fingerprint density at radius 2 is 1.85 bits per heavy atom. The molecule has 326 valence electrons. The lowest BCUT2D eigenvalue weighted by Gasteiger charge is -2.36. The fourth-order valence-electron chi connectivity index (χ4n) is 8.32. The van der Waals surface area contributed by atoms with Gasteiger partial charge in [0, 0.05) is 5.92 Å². The Hall–Kier alpha value is -4.93. The number of nitriles is 1. The van der Waals surface area contributed by atoms with E-state index in [0.717, 1.165) is 11.0 Å². The van der Waals surface area contributed by atoms with Crippen LogP contribution in [0.2, 0.25) is 0 Å². The molecule has 3 aliphatic carbocycles. The molecule has 4 N–H and O–H groups in total. The molecule has 4 fully saturated rings. The zero-order valence-electron chi connectivity index (χ0n) is 33.8. The summed E-state index contributed by atoms with van der Waals surface area (Å²) in [5, 5.41) is 17.4. The minimum Gasteiger partial charge on any atom is -0.473 e. The van der Waals surface area contributed by atoms with Crippen LogP contribution in [0.5, 0.6) is 0 Å². The molecule has 0 aromatic heterocycles. The van der Waals surface area contributed by atoms with Crippen molar-refractivity contribution in [1.29, 1.82) is 5.26 Å². The molecule has 60 heavy (non-hydrogen) atoms.